The normalized spacial score (nSPS) is 11.2. The Morgan fingerprint density at radius 1 is 1.27 bits per heavy atom. The fraction of sp³-hybridized carbons (Fsp3) is 0.312. The van der Waals surface area contributed by atoms with E-state index in [0.717, 1.165) is 5.57 Å². The second-order valence-electron chi connectivity index (χ2n) is 5.00. The number of hydrogen-bond donors (Lipinski definition) is 2. The Balaban J connectivity index is 2.83. The van der Waals surface area contributed by atoms with Crippen molar-refractivity contribution >= 4 is 17.8 Å². The number of carboxylic acids is 1. The molecule has 0 fully saturated rings. The molecule has 6 heteroatoms. The van der Waals surface area contributed by atoms with E-state index in [4.69, 9.17) is 9.84 Å². The zero-order valence-corrected chi connectivity index (χ0v) is 12.8. The van der Waals surface area contributed by atoms with Crippen LogP contribution in [0.1, 0.15) is 37.6 Å². The average molecular weight is 305 g/mol. The van der Waals surface area contributed by atoms with E-state index in [-0.39, 0.29) is 17.7 Å². The number of carboxylic acid groups (broad SMARTS) is 1. The molecule has 0 spiro atoms. The molecule has 1 aromatic rings. The third-order valence-corrected chi connectivity index (χ3v) is 2.72. The van der Waals surface area contributed by atoms with Crippen LogP contribution >= 0.6 is 0 Å². The predicted octanol–water partition coefficient (Wildman–Crippen LogP) is 2.15. The number of ether oxygens (including phenoxy) is 1. The van der Waals surface area contributed by atoms with Gasteiger partial charge in [0.2, 0.25) is 0 Å². The van der Waals surface area contributed by atoms with Gasteiger partial charge in [-0.25, -0.2) is 4.79 Å². The third kappa shape index (κ3) is 5.78. The Kier molecular flexibility index (Phi) is 6.31. The van der Waals surface area contributed by atoms with Gasteiger partial charge >= 0.3 is 11.9 Å². The van der Waals surface area contributed by atoms with Crippen LogP contribution < -0.4 is 10.1 Å². The highest BCUT2D eigenvalue weighted by atomic mass is 16.5. The van der Waals surface area contributed by atoms with E-state index in [2.05, 4.69) is 5.32 Å². The molecular formula is C16H19NO5. The molecule has 1 aromatic carbocycles. The van der Waals surface area contributed by atoms with Crippen LogP contribution in [0.5, 0.6) is 5.75 Å². The minimum atomic E-state index is -1.11. The largest absolute Gasteiger partial charge is 0.480 e. The van der Waals surface area contributed by atoms with Crippen LogP contribution in [0, 0.1) is 0 Å². The van der Waals surface area contributed by atoms with Crippen LogP contribution in [-0.2, 0) is 9.59 Å². The molecule has 22 heavy (non-hydrogen) atoms. The predicted molar refractivity (Wildman–Crippen MR) is 80.7 cm³/mol. The molecule has 0 radical (unpaired) electrons. The van der Waals surface area contributed by atoms with Gasteiger partial charge in [-0.15, -0.1) is 0 Å². The first-order valence-electron chi connectivity index (χ1n) is 6.75. The smallest absolute Gasteiger partial charge is 0.326 e. The summed E-state index contributed by atoms with van der Waals surface area (Å²) in [6.45, 7) is 4.96. The zero-order valence-electron chi connectivity index (χ0n) is 12.8. The summed E-state index contributed by atoms with van der Waals surface area (Å²) >= 11 is 0. The maximum absolute atomic E-state index is 12.1. The molecule has 0 bridgehead atoms. The van der Waals surface area contributed by atoms with Gasteiger partial charge in [0.1, 0.15) is 11.8 Å². The van der Waals surface area contributed by atoms with Gasteiger partial charge in [0.25, 0.3) is 5.91 Å². The second-order valence-corrected chi connectivity index (χ2v) is 5.00. The molecule has 118 valence electrons. The number of nitrogens with one attached hydrogen (secondary N) is 1. The van der Waals surface area contributed by atoms with Crippen molar-refractivity contribution in [3.05, 3.63) is 41.5 Å². The summed E-state index contributed by atoms with van der Waals surface area (Å²) < 4.78 is 4.89. The van der Waals surface area contributed by atoms with E-state index in [1.807, 2.05) is 13.8 Å². The first kappa shape index (κ1) is 17.4. The summed E-state index contributed by atoms with van der Waals surface area (Å²) in [6, 6.07) is 4.98. The Labute approximate surface area is 128 Å². The van der Waals surface area contributed by atoms with Crippen molar-refractivity contribution < 1.29 is 24.2 Å². The number of aliphatic carboxylic acids is 1. The van der Waals surface area contributed by atoms with Gasteiger partial charge in [0.15, 0.2) is 0 Å². The lowest BCUT2D eigenvalue weighted by molar-refractivity contribution is -0.139. The highest BCUT2D eigenvalue weighted by Crippen LogP contribution is 2.14. The number of esters is 1. The Bertz CT molecular complexity index is 602. The standard InChI is InChI=1S/C16H19NO5/c1-10(2)7-8-14(16(20)21)17-15(19)12-5-4-6-13(9-12)22-11(3)18/h4-7,9,14H,8H2,1-3H3,(H,17,19)(H,20,21)/t14-/m1/s1. The lowest BCUT2D eigenvalue weighted by Crippen LogP contribution is -2.40. The quantitative estimate of drug-likeness (QED) is 0.477. The minimum absolute atomic E-state index is 0.201. The molecule has 0 aliphatic carbocycles. The van der Waals surface area contributed by atoms with Gasteiger partial charge in [-0.05, 0) is 38.5 Å². The van der Waals surface area contributed by atoms with Crippen molar-refractivity contribution in [2.24, 2.45) is 0 Å². The van der Waals surface area contributed by atoms with Gasteiger partial charge in [0.05, 0.1) is 0 Å². The lowest BCUT2D eigenvalue weighted by Gasteiger charge is -2.13. The highest BCUT2D eigenvalue weighted by molar-refractivity contribution is 5.97. The van der Waals surface area contributed by atoms with Crippen molar-refractivity contribution in [1.82, 2.24) is 5.32 Å². The third-order valence-electron chi connectivity index (χ3n) is 2.72. The van der Waals surface area contributed by atoms with Crippen LogP contribution in [-0.4, -0.2) is 29.0 Å². The average Bonchev–Trinajstić information content (AvgIpc) is 2.42. The molecule has 0 aliphatic heterocycles. The van der Waals surface area contributed by atoms with E-state index < -0.39 is 23.9 Å². The number of allylic oxidation sites excluding steroid dienone is 1. The molecule has 6 nitrogen and oxygen atoms in total. The number of amides is 1. The molecule has 1 atom stereocenters. The van der Waals surface area contributed by atoms with Gasteiger partial charge < -0.3 is 15.2 Å². The molecule has 0 heterocycles. The topological polar surface area (TPSA) is 92.7 Å². The summed E-state index contributed by atoms with van der Waals surface area (Å²) in [6.07, 6.45) is 1.95. The number of hydrogen-bond acceptors (Lipinski definition) is 4. The van der Waals surface area contributed by atoms with Crippen molar-refractivity contribution in [3.8, 4) is 5.75 Å². The molecular weight excluding hydrogens is 286 g/mol. The molecule has 1 amide bonds. The molecule has 0 aromatic heterocycles. The summed E-state index contributed by atoms with van der Waals surface area (Å²) in [4.78, 5) is 34.2. The van der Waals surface area contributed by atoms with Crippen LogP contribution in [0.2, 0.25) is 0 Å². The maximum atomic E-state index is 12.1. The van der Waals surface area contributed by atoms with E-state index >= 15 is 0 Å². The second kappa shape index (κ2) is 7.97. The van der Waals surface area contributed by atoms with Crippen molar-refractivity contribution in [1.29, 1.82) is 0 Å². The highest BCUT2D eigenvalue weighted by Gasteiger charge is 2.19. The molecule has 0 saturated carbocycles. The fourth-order valence-corrected chi connectivity index (χ4v) is 1.68. The summed E-state index contributed by atoms with van der Waals surface area (Å²) in [5, 5.41) is 11.6. The Morgan fingerprint density at radius 2 is 1.95 bits per heavy atom. The number of benzene rings is 1. The van der Waals surface area contributed by atoms with Gasteiger partial charge in [0, 0.05) is 12.5 Å². The summed E-state index contributed by atoms with van der Waals surface area (Å²) in [5.41, 5.74) is 1.19. The van der Waals surface area contributed by atoms with E-state index in [9.17, 15) is 14.4 Å². The molecule has 1 rings (SSSR count). The van der Waals surface area contributed by atoms with Crippen molar-refractivity contribution in [2.75, 3.05) is 0 Å². The van der Waals surface area contributed by atoms with Crippen LogP contribution in [0.3, 0.4) is 0 Å². The first-order valence-corrected chi connectivity index (χ1v) is 6.75. The van der Waals surface area contributed by atoms with E-state index in [1.54, 1.807) is 12.1 Å². The number of carbonyl (C=O) groups excluding carboxylic acids is 2. The minimum Gasteiger partial charge on any atom is -0.480 e. The number of carbonyl (C=O) groups is 3. The van der Waals surface area contributed by atoms with E-state index in [1.165, 1.54) is 25.1 Å². The van der Waals surface area contributed by atoms with Crippen LogP contribution in [0.4, 0.5) is 0 Å². The van der Waals surface area contributed by atoms with Gasteiger partial charge in [-0.3, -0.25) is 9.59 Å². The monoisotopic (exact) mass is 305 g/mol. The summed E-state index contributed by atoms with van der Waals surface area (Å²) in [5.74, 6) is -1.91. The number of rotatable bonds is 6. The Hall–Kier alpha value is -2.63. The van der Waals surface area contributed by atoms with Gasteiger partial charge in [-0.1, -0.05) is 17.7 Å². The lowest BCUT2D eigenvalue weighted by atomic mass is 10.1. The molecule has 0 saturated heterocycles. The first-order chi connectivity index (χ1) is 10.3. The fourth-order valence-electron chi connectivity index (χ4n) is 1.68. The molecule has 0 aliphatic rings. The van der Waals surface area contributed by atoms with Crippen molar-refractivity contribution in [2.45, 2.75) is 33.2 Å². The van der Waals surface area contributed by atoms with E-state index in [0.29, 0.717) is 0 Å². The SMILES string of the molecule is CC(=O)Oc1cccc(C(=O)N[C@H](CC=C(C)C)C(=O)O)c1. The van der Waals surface area contributed by atoms with Crippen LogP contribution in [0.25, 0.3) is 0 Å². The zero-order chi connectivity index (χ0) is 16.7. The molecule has 0 unspecified atom stereocenters. The maximum Gasteiger partial charge on any atom is 0.326 e. The van der Waals surface area contributed by atoms with Crippen molar-refractivity contribution in [3.63, 3.8) is 0 Å². The Morgan fingerprint density at radius 3 is 2.50 bits per heavy atom. The van der Waals surface area contributed by atoms with Crippen LogP contribution in [0.15, 0.2) is 35.9 Å². The van der Waals surface area contributed by atoms with Gasteiger partial charge in [-0.2, -0.15) is 0 Å². The summed E-state index contributed by atoms with van der Waals surface area (Å²) in [7, 11) is 0. The molecule has 2 N–H and O–H groups in total.